The minimum absolute atomic E-state index is 0. The number of carbonyl (C=O) groups is 1. The Kier molecular flexibility index (Phi) is 97.3. The number of hydrogen-bond donors (Lipinski definition) is 0. The van der Waals surface area contributed by atoms with E-state index in [9.17, 15) is 4.79 Å². The monoisotopic (exact) mass is 867 g/mol. The summed E-state index contributed by atoms with van der Waals surface area (Å²) in [6, 6.07) is 0.130. The highest BCUT2D eigenvalue weighted by Gasteiger charge is 2.20. The first-order chi connectivity index (χ1) is 25.0. The van der Waals surface area contributed by atoms with E-state index in [1.54, 1.807) is 16.9 Å². The Labute approximate surface area is 384 Å². The van der Waals surface area contributed by atoms with E-state index >= 15 is 0 Å². The third-order valence-corrected chi connectivity index (χ3v) is 7.93. The minimum Gasteiger partial charge on any atom is -0.498 e. The first-order valence-corrected chi connectivity index (χ1v) is 20.6. The predicted molar refractivity (Wildman–Crippen MR) is 286 cm³/mol. The molecule has 0 aromatic carbocycles. The molecule has 4 aliphatic rings. The van der Waals surface area contributed by atoms with E-state index in [1.807, 2.05) is 46.9 Å². The summed E-state index contributed by atoms with van der Waals surface area (Å²) >= 11 is 0. The Morgan fingerprint density at radius 2 is 0.983 bits per heavy atom. The molecular formula is C51H122N6O3. The summed E-state index contributed by atoms with van der Waals surface area (Å²) in [6.07, 6.45) is 15.6. The minimum atomic E-state index is 0. The number of amides is 2. The van der Waals surface area contributed by atoms with Crippen molar-refractivity contribution in [3.8, 4) is 0 Å². The molecule has 1 aliphatic carbocycles. The van der Waals surface area contributed by atoms with Gasteiger partial charge in [0, 0.05) is 86.1 Å². The standard InChI is InChI=1S/C8H12.C6H16N2.C6H10O.C5H10N2O.C5H10N2.C4H10O.2C4H10.C2H6.7CH4/c1-7-3-5-8(2)6-4-7;1-7(2)5-6-8(3)4;1-5-3-4-7-6(5)2;1-6-3-4-7(2)5(6)8;1-5-3-4-7(2)6-5;1-3-4-5-2;2*1-3-4-2;1-2;;;;;;;/h3,5H,4,6H2,1-2H3;5-6H2,1-4H3;3-4H2,1-2H3;3-4H2,1-2H3;3-4H2,1-2H3;3-4H2,1-2H3;2*3-4H2,1-2H3;1-2H3;7*1H4. The molecule has 0 radical (unpaired) electrons. The Bertz CT molecular complexity index is 870. The number of methoxy groups -OCH3 is 1. The molecule has 0 atom stereocenters. The number of hydrogen-bond acceptors (Lipinski definition) is 7. The number of nitrogens with zero attached hydrogens (tertiary/aromatic N) is 6. The van der Waals surface area contributed by atoms with Gasteiger partial charge in [-0.2, -0.15) is 5.10 Å². The van der Waals surface area contributed by atoms with Gasteiger partial charge in [0.1, 0.15) is 0 Å². The number of ether oxygens (including phenoxy) is 2. The Hall–Kier alpha value is -2.36. The van der Waals surface area contributed by atoms with Crippen LogP contribution in [-0.4, -0.2) is 139 Å². The van der Waals surface area contributed by atoms with Crippen LogP contribution in [0, 0.1) is 0 Å². The van der Waals surface area contributed by atoms with Crippen LogP contribution in [0.5, 0.6) is 0 Å². The number of hydrazone groups is 1. The molecule has 0 saturated carbocycles. The molecular weight excluding hydrogens is 745 g/mol. The normalized spacial score (nSPS) is 13.4. The number of rotatable bonds is 7. The second-order valence-corrected chi connectivity index (χ2v) is 14.2. The first-order valence-electron chi connectivity index (χ1n) is 20.6. The van der Waals surface area contributed by atoms with Crippen LogP contribution in [0.25, 0.3) is 0 Å². The van der Waals surface area contributed by atoms with Gasteiger partial charge in [0.05, 0.1) is 12.4 Å². The fourth-order valence-corrected chi connectivity index (χ4v) is 3.60. The predicted octanol–water partition coefficient (Wildman–Crippen LogP) is 15.3. The molecule has 9 heteroatoms. The van der Waals surface area contributed by atoms with Crippen molar-refractivity contribution >= 4 is 11.7 Å². The van der Waals surface area contributed by atoms with Crippen LogP contribution in [0.15, 0.2) is 39.7 Å². The highest BCUT2D eigenvalue weighted by Crippen LogP contribution is 2.16. The van der Waals surface area contributed by atoms with E-state index in [-0.39, 0.29) is 58.0 Å². The summed E-state index contributed by atoms with van der Waals surface area (Å²) in [4.78, 5) is 18.5. The molecule has 0 unspecified atom stereocenters. The van der Waals surface area contributed by atoms with E-state index in [0.717, 1.165) is 71.0 Å². The molecule has 0 bridgehead atoms. The van der Waals surface area contributed by atoms with Crippen molar-refractivity contribution in [1.82, 2.24) is 24.6 Å². The van der Waals surface area contributed by atoms with Gasteiger partial charge in [-0.25, -0.2) is 4.79 Å². The molecule has 0 spiro atoms. The number of likely N-dealkylation sites (N-methyl/N-ethyl adjacent to an activating group) is 4. The fraction of sp³-hybridized carbons (Fsp3) is 0.843. The van der Waals surface area contributed by atoms with Crippen molar-refractivity contribution in [3.05, 3.63) is 34.6 Å². The summed E-state index contributed by atoms with van der Waals surface area (Å²) in [6.45, 7) is 32.3. The van der Waals surface area contributed by atoms with Gasteiger partial charge >= 0.3 is 6.03 Å². The summed E-state index contributed by atoms with van der Waals surface area (Å²) < 4.78 is 9.84. The number of allylic oxidation sites excluding steroid dienone is 5. The molecule has 4 rings (SSSR count). The molecule has 2 amide bonds. The van der Waals surface area contributed by atoms with Gasteiger partial charge in [-0.15, -0.1) is 0 Å². The zero-order valence-corrected chi connectivity index (χ0v) is 39.4. The Morgan fingerprint density at radius 1 is 0.617 bits per heavy atom. The Morgan fingerprint density at radius 3 is 1.08 bits per heavy atom. The maximum Gasteiger partial charge on any atom is 0.319 e. The van der Waals surface area contributed by atoms with E-state index in [4.69, 9.17) is 9.47 Å². The SMILES string of the molecule is C.C.C.C.C.C.C.CC.CC1=C(C)OCC1.CC1=CC=C(C)CC1.CC1=NN(C)CC1.CCCC.CCCC.CCCOC.CN(C)CCN(C)C.CN1CCN(C)C1=O. The largest absolute Gasteiger partial charge is 0.498 e. The van der Waals surface area contributed by atoms with Crippen molar-refractivity contribution in [2.45, 2.75) is 193 Å². The van der Waals surface area contributed by atoms with Crippen molar-refractivity contribution in [3.63, 3.8) is 0 Å². The Balaban J connectivity index is -0.0000000434. The van der Waals surface area contributed by atoms with Gasteiger partial charge in [0.2, 0.25) is 0 Å². The smallest absolute Gasteiger partial charge is 0.319 e. The maximum atomic E-state index is 10.8. The third kappa shape index (κ3) is 70.2. The second-order valence-electron chi connectivity index (χ2n) is 14.2. The molecule has 0 N–H and O–H groups in total. The lowest BCUT2D eigenvalue weighted by molar-refractivity contribution is 0.199. The molecule has 9 nitrogen and oxygen atoms in total. The molecule has 0 aromatic rings. The first kappa shape index (κ1) is 88.8. The maximum absolute atomic E-state index is 10.8. The fourth-order valence-electron chi connectivity index (χ4n) is 3.60. The second kappa shape index (κ2) is 65.8. The molecule has 1 fully saturated rings. The summed E-state index contributed by atoms with van der Waals surface area (Å²) in [5, 5.41) is 6.11. The van der Waals surface area contributed by atoms with Gasteiger partial charge in [0.15, 0.2) is 0 Å². The average Bonchev–Trinajstić information content (AvgIpc) is 3.81. The number of carbonyl (C=O) groups excluding carboxylic acids is 1. The lowest BCUT2D eigenvalue weighted by Gasteiger charge is -2.13. The van der Waals surface area contributed by atoms with Gasteiger partial charge < -0.3 is 29.1 Å². The highest BCUT2D eigenvalue weighted by atomic mass is 16.5. The topological polar surface area (TPSA) is 64.1 Å². The van der Waals surface area contributed by atoms with Crippen LogP contribution in [0.1, 0.15) is 193 Å². The van der Waals surface area contributed by atoms with E-state index in [0.29, 0.717) is 0 Å². The highest BCUT2D eigenvalue weighted by molar-refractivity contribution is 5.82. The molecule has 3 aliphatic heterocycles. The molecule has 3 heterocycles. The van der Waals surface area contributed by atoms with Crippen molar-refractivity contribution in [2.75, 3.05) is 102 Å². The van der Waals surface area contributed by atoms with Gasteiger partial charge in [0.25, 0.3) is 0 Å². The average molecular weight is 868 g/mol. The molecule has 1 saturated heterocycles. The van der Waals surface area contributed by atoms with Crippen LogP contribution < -0.4 is 0 Å². The van der Waals surface area contributed by atoms with Crippen molar-refractivity contribution in [1.29, 1.82) is 0 Å². The zero-order chi connectivity index (χ0) is 42.2. The molecule has 60 heavy (non-hydrogen) atoms. The van der Waals surface area contributed by atoms with Crippen molar-refractivity contribution < 1.29 is 14.3 Å². The lowest BCUT2D eigenvalue weighted by atomic mass is 10.0. The van der Waals surface area contributed by atoms with Crippen LogP contribution in [0.2, 0.25) is 0 Å². The van der Waals surface area contributed by atoms with E-state index in [2.05, 4.69) is 118 Å². The number of urea groups is 1. The van der Waals surface area contributed by atoms with E-state index < -0.39 is 0 Å². The van der Waals surface area contributed by atoms with Gasteiger partial charge in [-0.05, 0) is 87.6 Å². The zero-order valence-electron chi connectivity index (χ0n) is 39.4. The summed E-state index contributed by atoms with van der Waals surface area (Å²) in [5.74, 6) is 1.12. The summed E-state index contributed by atoms with van der Waals surface area (Å²) in [7, 11) is 15.7. The summed E-state index contributed by atoms with van der Waals surface area (Å²) in [5.41, 5.74) is 5.67. The van der Waals surface area contributed by atoms with Gasteiger partial charge in [-0.1, -0.05) is 149 Å². The number of unbranched alkanes of at least 4 members (excludes halogenated alkanes) is 2. The van der Waals surface area contributed by atoms with Crippen molar-refractivity contribution in [2.24, 2.45) is 5.10 Å². The third-order valence-electron chi connectivity index (χ3n) is 7.93. The van der Waals surface area contributed by atoms with E-state index in [1.165, 1.54) is 61.0 Å². The molecule has 374 valence electrons. The van der Waals surface area contributed by atoms with Gasteiger partial charge in [-0.3, -0.25) is 5.01 Å². The van der Waals surface area contributed by atoms with Crippen LogP contribution in [0.4, 0.5) is 4.79 Å². The van der Waals surface area contributed by atoms with Crippen LogP contribution >= 0.6 is 0 Å². The molecule has 0 aromatic heterocycles. The van der Waals surface area contributed by atoms with Crippen LogP contribution in [-0.2, 0) is 9.47 Å². The lowest BCUT2D eigenvalue weighted by Crippen LogP contribution is -2.25. The quantitative estimate of drug-likeness (QED) is 0.254. The van der Waals surface area contributed by atoms with Crippen LogP contribution in [0.3, 0.4) is 0 Å².